The Balaban J connectivity index is 2.57. The Kier molecular flexibility index (Phi) is 8.54. The summed E-state index contributed by atoms with van der Waals surface area (Å²) in [4.78, 5) is 0. The van der Waals surface area contributed by atoms with E-state index in [-0.39, 0.29) is 0 Å². The number of methoxy groups -OCH3 is 1. The van der Waals surface area contributed by atoms with E-state index >= 15 is 0 Å². The molecule has 0 aromatic carbocycles. The van der Waals surface area contributed by atoms with Crippen LogP contribution in [0.25, 0.3) is 0 Å². The molecule has 0 aromatic rings. The zero-order valence-electron chi connectivity index (χ0n) is 14.2. The third-order valence-corrected chi connectivity index (χ3v) is 6.44. The highest BCUT2D eigenvalue weighted by Gasteiger charge is 2.37. The third-order valence-electron chi connectivity index (χ3n) is 5.08. The fourth-order valence-corrected chi connectivity index (χ4v) is 4.56. The minimum atomic E-state index is 0.496. The molecule has 20 heavy (non-hydrogen) atoms. The molecule has 1 fully saturated rings. The summed E-state index contributed by atoms with van der Waals surface area (Å²) in [6.07, 6.45) is 6.63. The van der Waals surface area contributed by atoms with Gasteiger partial charge in [0.15, 0.2) is 0 Å². The van der Waals surface area contributed by atoms with Crippen molar-refractivity contribution in [3.8, 4) is 0 Å². The third kappa shape index (κ3) is 5.57. The lowest BCUT2D eigenvalue weighted by Gasteiger charge is -2.43. The highest BCUT2D eigenvalue weighted by atomic mass is 32.2. The van der Waals surface area contributed by atoms with E-state index in [1.165, 1.54) is 32.1 Å². The standard InChI is InChI=1S/C17H35NOS/c1-6-10-18-15-9-8-14(17(3,4)7-2)13-16(15)20-12-11-19-5/h14-16,18H,6-13H2,1-5H3. The Morgan fingerprint density at radius 2 is 2.00 bits per heavy atom. The van der Waals surface area contributed by atoms with E-state index in [9.17, 15) is 0 Å². The Morgan fingerprint density at radius 3 is 2.60 bits per heavy atom. The van der Waals surface area contributed by atoms with Gasteiger partial charge in [-0.25, -0.2) is 0 Å². The van der Waals surface area contributed by atoms with Gasteiger partial charge >= 0.3 is 0 Å². The van der Waals surface area contributed by atoms with Crippen LogP contribution >= 0.6 is 11.8 Å². The van der Waals surface area contributed by atoms with Crippen LogP contribution < -0.4 is 5.32 Å². The molecule has 2 nitrogen and oxygen atoms in total. The molecule has 0 saturated heterocycles. The lowest BCUT2D eigenvalue weighted by atomic mass is 9.68. The fourth-order valence-electron chi connectivity index (χ4n) is 3.16. The first-order chi connectivity index (χ1) is 9.55. The molecule has 0 bridgehead atoms. The molecule has 0 amide bonds. The largest absolute Gasteiger partial charge is 0.384 e. The Labute approximate surface area is 130 Å². The van der Waals surface area contributed by atoms with E-state index in [0.29, 0.717) is 11.5 Å². The summed E-state index contributed by atoms with van der Waals surface area (Å²) in [5, 5.41) is 4.54. The number of ether oxygens (including phenoxy) is 1. The summed E-state index contributed by atoms with van der Waals surface area (Å²) in [7, 11) is 1.80. The van der Waals surface area contributed by atoms with Crippen molar-refractivity contribution in [3.63, 3.8) is 0 Å². The van der Waals surface area contributed by atoms with Crippen LogP contribution in [0.2, 0.25) is 0 Å². The van der Waals surface area contributed by atoms with Crippen LogP contribution in [0.4, 0.5) is 0 Å². The number of nitrogens with one attached hydrogen (secondary N) is 1. The topological polar surface area (TPSA) is 21.3 Å². The minimum absolute atomic E-state index is 0.496. The van der Waals surface area contributed by atoms with Crippen LogP contribution in [0.15, 0.2) is 0 Å². The molecule has 0 aromatic heterocycles. The number of thioether (sulfide) groups is 1. The molecule has 1 saturated carbocycles. The first-order valence-electron chi connectivity index (χ1n) is 8.39. The van der Waals surface area contributed by atoms with Crippen LogP contribution in [0, 0.1) is 11.3 Å². The van der Waals surface area contributed by atoms with Crippen LogP contribution in [-0.2, 0) is 4.74 Å². The maximum atomic E-state index is 5.22. The van der Waals surface area contributed by atoms with Gasteiger partial charge in [-0.3, -0.25) is 0 Å². The lowest BCUT2D eigenvalue weighted by Crippen LogP contribution is -2.45. The zero-order valence-corrected chi connectivity index (χ0v) is 15.0. The van der Waals surface area contributed by atoms with Crippen molar-refractivity contribution in [2.45, 2.75) is 71.1 Å². The Hall–Kier alpha value is 0.270. The molecule has 1 aliphatic carbocycles. The molecule has 0 aliphatic heterocycles. The lowest BCUT2D eigenvalue weighted by molar-refractivity contribution is 0.141. The predicted octanol–water partition coefficient (Wildman–Crippen LogP) is 4.34. The second-order valence-electron chi connectivity index (χ2n) is 6.81. The molecule has 0 radical (unpaired) electrons. The van der Waals surface area contributed by atoms with Gasteiger partial charge in [0.25, 0.3) is 0 Å². The van der Waals surface area contributed by atoms with Crippen molar-refractivity contribution in [2.75, 3.05) is 26.0 Å². The van der Waals surface area contributed by atoms with Crippen molar-refractivity contribution in [2.24, 2.45) is 11.3 Å². The van der Waals surface area contributed by atoms with Gasteiger partial charge < -0.3 is 10.1 Å². The highest BCUT2D eigenvalue weighted by molar-refractivity contribution is 8.00. The minimum Gasteiger partial charge on any atom is -0.384 e. The van der Waals surface area contributed by atoms with Gasteiger partial charge in [0.2, 0.25) is 0 Å². The van der Waals surface area contributed by atoms with E-state index in [4.69, 9.17) is 4.74 Å². The average molecular weight is 302 g/mol. The number of rotatable bonds is 9. The average Bonchev–Trinajstić information content (AvgIpc) is 2.46. The molecule has 1 N–H and O–H groups in total. The molecule has 3 unspecified atom stereocenters. The van der Waals surface area contributed by atoms with Gasteiger partial charge in [0.1, 0.15) is 0 Å². The van der Waals surface area contributed by atoms with Crippen molar-refractivity contribution in [1.29, 1.82) is 0 Å². The predicted molar refractivity (Wildman–Crippen MR) is 91.6 cm³/mol. The van der Waals surface area contributed by atoms with Crippen LogP contribution in [0.5, 0.6) is 0 Å². The van der Waals surface area contributed by atoms with Crippen LogP contribution in [-0.4, -0.2) is 37.3 Å². The molecular weight excluding hydrogens is 266 g/mol. The SMILES string of the molecule is CCCNC1CCC(C(C)(C)CC)CC1SCCOC. The summed E-state index contributed by atoms with van der Waals surface area (Å²) >= 11 is 2.12. The molecule has 1 aliphatic rings. The summed E-state index contributed by atoms with van der Waals surface area (Å²) < 4.78 is 5.22. The molecule has 0 heterocycles. The second kappa shape index (κ2) is 9.32. The van der Waals surface area contributed by atoms with Gasteiger partial charge in [-0.15, -0.1) is 0 Å². The second-order valence-corrected chi connectivity index (χ2v) is 8.16. The van der Waals surface area contributed by atoms with Crippen molar-refractivity contribution in [1.82, 2.24) is 5.32 Å². The van der Waals surface area contributed by atoms with Crippen molar-refractivity contribution < 1.29 is 4.74 Å². The van der Waals surface area contributed by atoms with Gasteiger partial charge in [-0.05, 0) is 43.6 Å². The normalized spacial score (nSPS) is 27.8. The number of hydrogen-bond donors (Lipinski definition) is 1. The van der Waals surface area contributed by atoms with E-state index in [0.717, 1.165) is 30.1 Å². The molecule has 1 rings (SSSR count). The zero-order chi connectivity index (χ0) is 15.0. The van der Waals surface area contributed by atoms with Gasteiger partial charge in [-0.1, -0.05) is 34.1 Å². The van der Waals surface area contributed by atoms with Crippen molar-refractivity contribution >= 4 is 11.8 Å². The molecule has 3 heteroatoms. The van der Waals surface area contributed by atoms with Gasteiger partial charge in [0, 0.05) is 24.2 Å². The monoisotopic (exact) mass is 301 g/mol. The highest BCUT2D eigenvalue weighted by Crippen LogP contribution is 2.43. The first-order valence-corrected chi connectivity index (χ1v) is 9.44. The van der Waals surface area contributed by atoms with E-state index in [2.05, 4.69) is 44.8 Å². The summed E-state index contributed by atoms with van der Waals surface area (Å²) in [5.41, 5.74) is 0.496. The molecule has 0 spiro atoms. The summed E-state index contributed by atoms with van der Waals surface area (Å²) in [6, 6.07) is 0.709. The summed E-state index contributed by atoms with van der Waals surface area (Å²) in [5.74, 6) is 2.01. The Bertz CT molecular complexity index is 257. The van der Waals surface area contributed by atoms with Crippen LogP contribution in [0.1, 0.15) is 59.8 Å². The maximum Gasteiger partial charge on any atom is 0.0553 e. The smallest absolute Gasteiger partial charge is 0.0553 e. The first kappa shape index (κ1) is 18.3. The fraction of sp³-hybridized carbons (Fsp3) is 1.00. The quantitative estimate of drug-likeness (QED) is 0.640. The molecular formula is C17H35NOS. The van der Waals surface area contributed by atoms with Gasteiger partial charge in [0.05, 0.1) is 6.61 Å². The molecule has 120 valence electrons. The van der Waals surface area contributed by atoms with E-state index in [1.54, 1.807) is 7.11 Å². The van der Waals surface area contributed by atoms with E-state index < -0.39 is 0 Å². The molecule has 3 atom stereocenters. The maximum absolute atomic E-state index is 5.22. The summed E-state index contributed by atoms with van der Waals surface area (Å²) in [6.45, 7) is 11.5. The van der Waals surface area contributed by atoms with Gasteiger partial charge in [-0.2, -0.15) is 11.8 Å². The Morgan fingerprint density at radius 1 is 1.25 bits per heavy atom. The van der Waals surface area contributed by atoms with E-state index in [1.807, 2.05) is 0 Å². The number of hydrogen-bond acceptors (Lipinski definition) is 3. The van der Waals surface area contributed by atoms with Crippen molar-refractivity contribution in [3.05, 3.63) is 0 Å². The van der Waals surface area contributed by atoms with Crippen LogP contribution in [0.3, 0.4) is 0 Å².